The number of amides is 4. The molecule has 1 aliphatic rings. The zero-order valence-corrected chi connectivity index (χ0v) is 27.4. The summed E-state index contributed by atoms with van der Waals surface area (Å²) in [7, 11) is 3.09. The van der Waals surface area contributed by atoms with Gasteiger partial charge in [0.2, 0.25) is 0 Å². The number of nitrogens with zero attached hydrogens (tertiary/aromatic N) is 1. The monoisotopic (exact) mass is 667 g/mol. The van der Waals surface area contributed by atoms with Crippen molar-refractivity contribution >= 4 is 23.5 Å². The highest BCUT2D eigenvalue weighted by molar-refractivity contribution is 5.96. The Morgan fingerprint density at radius 3 is 2.46 bits per heavy atom. The summed E-state index contributed by atoms with van der Waals surface area (Å²) in [5, 5.41) is 8.06. The lowest BCUT2D eigenvalue weighted by atomic mass is 9.93. The van der Waals surface area contributed by atoms with Gasteiger partial charge in [-0.3, -0.25) is 14.5 Å². The lowest BCUT2D eigenvalue weighted by Gasteiger charge is -2.40. The molecule has 2 atom stereocenters. The van der Waals surface area contributed by atoms with Crippen molar-refractivity contribution in [1.82, 2.24) is 15.5 Å². The topological polar surface area (TPSA) is 144 Å². The first-order chi connectivity index (χ1) is 23.1. The van der Waals surface area contributed by atoms with Crippen molar-refractivity contribution < 1.29 is 37.4 Å². The van der Waals surface area contributed by atoms with Gasteiger partial charge in [-0.25, -0.2) is 13.6 Å². The Morgan fingerprint density at radius 2 is 1.77 bits per heavy atom. The van der Waals surface area contributed by atoms with Crippen molar-refractivity contribution in [3.05, 3.63) is 82.9 Å². The van der Waals surface area contributed by atoms with E-state index in [-0.39, 0.29) is 23.7 Å². The Labute approximate surface area is 279 Å². The van der Waals surface area contributed by atoms with Crippen molar-refractivity contribution in [2.75, 3.05) is 39.2 Å². The molecule has 0 aliphatic carbocycles. The minimum Gasteiger partial charge on any atom is -0.493 e. The number of hydrogen-bond donors (Lipinski definition) is 4. The first-order valence-electron chi connectivity index (χ1n) is 15.9. The number of halogens is 2. The van der Waals surface area contributed by atoms with E-state index >= 15 is 0 Å². The van der Waals surface area contributed by atoms with Crippen LogP contribution in [-0.4, -0.2) is 68.7 Å². The third kappa shape index (κ3) is 9.88. The highest BCUT2D eigenvalue weighted by Gasteiger charge is 2.29. The average Bonchev–Trinajstić information content (AvgIpc) is 3.06. The summed E-state index contributed by atoms with van der Waals surface area (Å²) >= 11 is 0. The zero-order valence-electron chi connectivity index (χ0n) is 27.4. The lowest BCUT2D eigenvalue weighted by molar-refractivity contribution is 0.0935. The van der Waals surface area contributed by atoms with Crippen molar-refractivity contribution in [2.24, 2.45) is 5.73 Å². The molecule has 1 fully saturated rings. The summed E-state index contributed by atoms with van der Waals surface area (Å²) in [6, 6.07) is 13.6. The van der Waals surface area contributed by atoms with Gasteiger partial charge in [0, 0.05) is 50.5 Å². The molecule has 2 unspecified atom stereocenters. The molecule has 258 valence electrons. The van der Waals surface area contributed by atoms with E-state index in [1.807, 2.05) is 24.3 Å². The van der Waals surface area contributed by atoms with Crippen LogP contribution in [0.3, 0.4) is 0 Å². The van der Waals surface area contributed by atoms with Crippen LogP contribution in [0.25, 0.3) is 0 Å². The van der Waals surface area contributed by atoms with Crippen molar-refractivity contribution in [2.45, 2.75) is 57.7 Å². The van der Waals surface area contributed by atoms with Gasteiger partial charge in [0.15, 0.2) is 11.5 Å². The highest BCUT2D eigenvalue weighted by atomic mass is 19.1. The Morgan fingerprint density at radius 1 is 1.00 bits per heavy atom. The van der Waals surface area contributed by atoms with Crippen LogP contribution in [0.2, 0.25) is 0 Å². The van der Waals surface area contributed by atoms with Gasteiger partial charge in [-0.2, -0.15) is 0 Å². The van der Waals surface area contributed by atoms with Gasteiger partial charge >= 0.3 is 6.03 Å². The number of rotatable bonds is 15. The lowest BCUT2D eigenvalue weighted by Crippen LogP contribution is -2.50. The van der Waals surface area contributed by atoms with Gasteiger partial charge in [0.1, 0.15) is 17.4 Å². The molecular formula is C35H43F2N5O6. The molecule has 48 heavy (non-hydrogen) atoms. The fraction of sp³-hybridized carbons (Fsp3) is 0.400. The maximum Gasteiger partial charge on any atom is 0.319 e. The largest absolute Gasteiger partial charge is 0.493 e. The molecule has 4 rings (SSSR count). The number of hydrogen-bond acceptors (Lipinski definition) is 7. The Hall–Kier alpha value is -4.75. The molecule has 4 amide bonds. The van der Waals surface area contributed by atoms with Crippen molar-refractivity contribution in [3.63, 3.8) is 0 Å². The Bertz CT molecular complexity index is 1570. The molecule has 0 spiro atoms. The quantitative estimate of drug-likeness (QED) is 0.155. The number of carbonyl (C=O) groups excluding carboxylic acids is 3. The number of ether oxygens (including phenoxy) is 3. The number of urea groups is 1. The zero-order chi connectivity index (χ0) is 34.6. The number of anilines is 1. The molecule has 0 saturated carbocycles. The van der Waals surface area contributed by atoms with Gasteiger partial charge in [-0.15, -0.1) is 0 Å². The number of nitrogens with two attached hydrogens (primary N) is 1. The fourth-order valence-corrected chi connectivity index (χ4v) is 5.64. The van der Waals surface area contributed by atoms with Crippen molar-refractivity contribution in [1.29, 1.82) is 0 Å². The smallest absolute Gasteiger partial charge is 0.319 e. The Balaban J connectivity index is 1.35. The molecule has 1 aliphatic heterocycles. The number of piperidine rings is 1. The first-order valence-corrected chi connectivity index (χ1v) is 15.9. The number of carbonyl (C=O) groups is 3. The van der Waals surface area contributed by atoms with Gasteiger partial charge in [0.05, 0.1) is 25.0 Å². The molecule has 5 N–H and O–H groups in total. The summed E-state index contributed by atoms with van der Waals surface area (Å²) in [4.78, 5) is 39.0. The summed E-state index contributed by atoms with van der Waals surface area (Å²) in [6.07, 6.45) is 4.39. The third-order valence-electron chi connectivity index (χ3n) is 8.19. The molecule has 0 aromatic heterocycles. The molecular weight excluding hydrogens is 624 g/mol. The van der Waals surface area contributed by atoms with Crippen molar-refractivity contribution in [3.8, 4) is 17.2 Å². The minimum absolute atomic E-state index is 0.157. The van der Waals surface area contributed by atoms with Crippen LogP contribution < -0.4 is 31.2 Å². The van der Waals surface area contributed by atoms with Crippen LogP contribution in [0.15, 0.2) is 54.6 Å². The van der Waals surface area contributed by atoms with Crippen LogP contribution in [0.5, 0.6) is 17.2 Å². The van der Waals surface area contributed by atoms with Gasteiger partial charge in [-0.05, 0) is 61.2 Å². The average molecular weight is 668 g/mol. The van der Waals surface area contributed by atoms with Gasteiger partial charge in [0.25, 0.3) is 11.8 Å². The van der Waals surface area contributed by atoms with E-state index in [9.17, 15) is 23.2 Å². The van der Waals surface area contributed by atoms with E-state index < -0.39 is 29.1 Å². The molecule has 13 heteroatoms. The molecule has 0 bridgehead atoms. The summed E-state index contributed by atoms with van der Waals surface area (Å²) in [5.74, 6) is -1.86. The molecule has 1 saturated heterocycles. The van der Waals surface area contributed by atoms with E-state index in [0.29, 0.717) is 61.4 Å². The second kappa shape index (κ2) is 17.4. The molecule has 3 aromatic carbocycles. The Kier molecular flexibility index (Phi) is 13.1. The third-order valence-corrected chi connectivity index (χ3v) is 8.19. The SMILES string of the molecule is CCCCC1CC(NC(=O)Nc2cc(C(N)=O)c(F)cc2F)CCN1Cc1ccc(Oc2ccc(C(=O)NCCOC)cc2OC)cc1. The maximum atomic E-state index is 14.3. The van der Waals surface area contributed by atoms with Crippen LogP contribution in [-0.2, 0) is 11.3 Å². The maximum absolute atomic E-state index is 14.3. The van der Waals surface area contributed by atoms with Crippen LogP contribution in [0, 0.1) is 11.6 Å². The minimum atomic E-state index is -1.09. The predicted octanol–water partition coefficient (Wildman–Crippen LogP) is 5.59. The van der Waals surface area contributed by atoms with E-state index in [2.05, 4.69) is 27.8 Å². The van der Waals surface area contributed by atoms with Gasteiger partial charge < -0.3 is 35.9 Å². The van der Waals surface area contributed by atoms with Gasteiger partial charge in [-0.1, -0.05) is 31.9 Å². The molecule has 3 aromatic rings. The second-order valence-electron chi connectivity index (χ2n) is 11.6. The van der Waals surface area contributed by atoms with E-state index in [1.165, 1.54) is 7.11 Å². The highest BCUT2D eigenvalue weighted by Crippen LogP contribution is 2.33. The number of primary amides is 1. The summed E-state index contributed by atoms with van der Waals surface area (Å²) in [6.45, 7) is 4.39. The van der Waals surface area contributed by atoms with E-state index in [0.717, 1.165) is 37.4 Å². The predicted molar refractivity (Wildman–Crippen MR) is 177 cm³/mol. The van der Waals surface area contributed by atoms with Crippen LogP contribution in [0.1, 0.15) is 65.3 Å². The first kappa shape index (κ1) is 36.1. The van der Waals surface area contributed by atoms with E-state index in [4.69, 9.17) is 19.9 Å². The number of unbranched alkanes of at least 4 members (excludes halogenated alkanes) is 1. The molecule has 0 radical (unpaired) electrons. The standard InChI is InChI=1S/C35H43F2N5O6/c1-4-5-6-25-18-24(40-35(45)41-30-19-27(33(38)43)28(36)20-29(30)37)13-15-42(25)21-22-7-10-26(11-8-22)48-31-12-9-23(17-32(31)47-3)34(44)39-14-16-46-2/h7-12,17,19-20,24-25H,4-6,13-16,18,21H2,1-3H3,(H2,38,43)(H,39,44)(H2,40,41,45). The number of benzene rings is 3. The fourth-order valence-electron chi connectivity index (χ4n) is 5.64. The number of methoxy groups -OCH3 is 2. The number of likely N-dealkylation sites (tertiary alicyclic amines) is 1. The summed E-state index contributed by atoms with van der Waals surface area (Å²) in [5.41, 5.74) is 5.87. The molecule has 1 heterocycles. The second-order valence-corrected chi connectivity index (χ2v) is 11.6. The van der Waals surface area contributed by atoms with Crippen LogP contribution in [0.4, 0.5) is 19.3 Å². The van der Waals surface area contributed by atoms with E-state index in [1.54, 1.807) is 25.3 Å². The van der Waals surface area contributed by atoms with Crippen LogP contribution >= 0.6 is 0 Å². The number of nitrogens with one attached hydrogen (secondary N) is 3. The molecule has 11 nitrogen and oxygen atoms in total. The summed E-state index contributed by atoms with van der Waals surface area (Å²) < 4.78 is 44.6. The normalized spacial score (nSPS) is 16.2.